The van der Waals surface area contributed by atoms with E-state index in [9.17, 15) is 23.8 Å². The number of hydrogen-bond donors (Lipinski definition) is 2. The lowest BCUT2D eigenvalue weighted by Crippen LogP contribution is -2.08. The molecule has 0 atom stereocenters. The molecule has 0 radical (unpaired) electrons. The number of ketones is 1. The summed E-state index contributed by atoms with van der Waals surface area (Å²) in [6, 6.07) is 16.6. The number of ether oxygens (including phenoxy) is 1. The quantitative estimate of drug-likeness (QED) is 0.289. The van der Waals surface area contributed by atoms with Gasteiger partial charge >= 0.3 is 0 Å². The second-order valence-electron chi connectivity index (χ2n) is 7.73. The Morgan fingerprint density at radius 3 is 2.57 bits per heavy atom. The highest BCUT2D eigenvalue weighted by molar-refractivity contribution is 7.20. The number of Topliss-reactive ketones (excluding diaryl/α,β-unsaturated/α-hetero) is 1. The molecule has 0 unspecified atom stereocenters. The average Bonchev–Trinajstić information content (AvgIpc) is 3.37. The van der Waals surface area contributed by atoms with Crippen LogP contribution in [0.2, 0.25) is 0 Å². The minimum Gasteiger partial charge on any atom is -0.503 e. The fourth-order valence-corrected chi connectivity index (χ4v) is 5.00. The standard InChI is InChI=1S/C26H18F2N2O4S/c1-34-20-9-5-2-6-14(20)12-19(31)22-23(16-7-3-4-8-17(16)28)30(25(33)24(22)32)26-29-18-11-10-15(27)13-21(18)35-26/h2-11,13,32-33H,12H2,1H3. The van der Waals surface area contributed by atoms with Crippen LogP contribution in [-0.2, 0) is 6.42 Å². The number of thiazole rings is 1. The van der Waals surface area contributed by atoms with Crippen LogP contribution in [-0.4, -0.2) is 32.7 Å². The molecule has 0 amide bonds. The minimum absolute atomic E-state index is 0.0167. The van der Waals surface area contributed by atoms with E-state index in [1.54, 1.807) is 30.3 Å². The van der Waals surface area contributed by atoms with Crippen LogP contribution in [0, 0.1) is 11.6 Å². The van der Waals surface area contributed by atoms with Gasteiger partial charge in [0.1, 0.15) is 17.4 Å². The molecule has 3 aromatic carbocycles. The number of benzene rings is 3. The van der Waals surface area contributed by atoms with E-state index in [4.69, 9.17) is 4.74 Å². The number of para-hydroxylation sites is 1. The molecular weight excluding hydrogens is 474 g/mol. The van der Waals surface area contributed by atoms with Gasteiger partial charge in [0.05, 0.1) is 28.6 Å². The highest BCUT2D eigenvalue weighted by Crippen LogP contribution is 2.45. The monoisotopic (exact) mass is 492 g/mol. The number of fused-ring (bicyclic) bond motifs is 1. The smallest absolute Gasteiger partial charge is 0.242 e. The fourth-order valence-electron chi connectivity index (χ4n) is 4.00. The summed E-state index contributed by atoms with van der Waals surface area (Å²) >= 11 is 1.02. The Morgan fingerprint density at radius 2 is 1.80 bits per heavy atom. The zero-order valence-corrected chi connectivity index (χ0v) is 19.1. The van der Waals surface area contributed by atoms with Gasteiger partial charge in [0.2, 0.25) is 5.88 Å². The van der Waals surface area contributed by atoms with Crippen LogP contribution in [0.25, 0.3) is 26.6 Å². The van der Waals surface area contributed by atoms with Crippen molar-refractivity contribution < 1.29 is 28.5 Å². The van der Waals surface area contributed by atoms with E-state index in [-0.39, 0.29) is 28.4 Å². The second-order valence-corrected chi connectivity index (χ2v) is 8.74. The van der Waals surface area contributed by atoms with Crippen molar-refractivity contribution >= 4 is 27.3 Å². The lowest BCUT2D eigenvalue weighted by Gasteiger charge is -2.11. The van der Waals surface area contributed by atoms with Gasteiger partial charge in [-0.3, -0.25) is 9.36 Å². The van der Waals surface area contributed by atoms with Crippen LogP contribution in [0.1, 0.15) is 15.9 Å². The van der Waals surface area contributed by atoms with Crippen LogP contribution in [0.15, 0.2) is 66.7 Å². The molecule has 2 heterocycles. The summed E-state index contributed by atoms with van der Waals surface area (Å²) in [5.74, 6) is -2.59. The van der Waals surface area contributed by atoms with Crippen LogP contribution in [0.5, 0.6) is 17.4 Å². The molecule has 0 aliphatic carbocycles. The van der Waals surface area contributed by atoms with Crippen molar-refractivity contribution in [3.8, 4) is 33.8 Å². The maximum atomic E-state index is 15.0. The maximum Gasteiger partial charge on any atom is 0.242 e. The molecule has 6 nitrogen and oxygen atoms in total. The van der Waals surface area contributed by atoms with Crippen LogP contribution >= 0.6 is 11.3 Å². The zero-order chi connectivity index (χ0) is 24.7. The summed E-state index contributed by atoms with van der Waals surface area (Å²) in [6.45, 7) is 0. The molecule has 0 fully saturated rings. The van der Waals surface area contributed by atoms with E-state index >= 15 is 0 Å². The number of hydrogen-bond acceptors (Lipinski definition) is 6. The number of aromatic hydroxyl groups is 2. The van der Waals surface area contributed by atoms with Gasteiger partial charge in [0.25, 0.3) is 0 Å². The Balaban J connectivity index is 1.74. The van der Waals surface area contributed by atoms with E-state index < -0.39 is 29.0 Å². The molecule has 2 aromatic heterocycles. The van der Waals surface area contributed by atoms with Gasteiger partial charge in [-0.05, 0) is 36.4 Å². The molecule has 35 heavy (non-hydrogen) atoms. The van der Waals surface area contributed by atoms with Gasteiger partial charge in [-0.2, -0.15) is 0 Å². The Labute approximate surface area is 202 Å². The molecule has 0 saturated heterocycles. The first-order valence-electron chi connectivity index (χ1n) is 10.5. The second kappa shape index (κ2) is 8.84. The first kappa shape index (κ1) is 22.5. The molecule has 0 bridgehead atoms. The van der Waals surface area contributed by atoms with Crippen molar-refractivity contribution in [2.24, 2.45) is 0 Å². The number of carbonyl (C=O) groups is 1. The normalized spacial score (nSPS) is 11.2. The summed E-state index contributed by atoms with van der Waals surface area (Å²) in [5.41, 5.74) is 0.667. The van der Waals surface area contributed by atoms with Crippen molar-refractivity contribution in [2.75, 3.05) is 7.11 Å². The Hall–Kier alpha value is -4.24. The lowest BCUT2D eigenvalue weighted by atomic mass is 9.98. The molecular formula is C26H18F2N2O4S. The predicted molar refractivity (Wildman–Crippen MR) is 129 cm³/mol. The third-order valence-electron chi connectivity index (χ3n) is 5.60. The molecule has 5 aromatic rings. The molecule has 0 spiro atoms. The zero-order valence-electron chi connectivity index (χ0n) is 18.3. The van der Waals surface area contributed by atoms with Gasteiger partial charge in [-0.25, -0.2) is 13.8 Å². The molecule has 0 saturated carbocycles. The van der Waals surface area contributed by atoms with E-state index in [0.717, 1.165) is 15.9 Å². The van der Waals surface area contributed by atoms with Gasteiger partial charge < -0.3 is 14.9 Å². The third kappa shape index (κ3) is 3.89. The number of methoxy groups -OCH3 is 1. The van der Waals surface area contributed by atoms with E-state index in [1.807, 2.05) is 0 Å². The topological polar surface area (TPSA) is 84.6 Å². The SMILES string of the molecule is COc1ccccc1CC(=O)c1c(O)c(O)n(-c2nc3ccc(F)cc3s2)c1-c1ccccc1F. The van der Waals surface area contributed by atoms with E-state index in [2.05, 4.69) is 4.98 Å². The number of aromatic nitrogens is 2. The van der Waals surface area contributed by atoms with Crippen LogP contribution in [0.4, 0.5) is 8.78 Å². The number of carbonyl (C=O) groups excluding carboxylic acids is 1. The number of halogens is 2. The number of rotatable bonds is 6. The summed E-state index contributed by atoms with van der Waals surface area (Å²) in [5, 5.41) is 21.9. The molecule has 2 N–H and O–H groups in total. The van der Waals surface area contributed by atoms with Gasteiger partial charge in [-0.15, -0.1) is 0 Å². The van der Waals surface area contributed by atoms with Gasteiger partial charge in [-0.1, -0.05) is 41.7 Å². The lowest BCUT2D eigenvalue weighted by molar-refractivity contribution is 0.0990. The van der Waals surface area contributed by atoms with Gasteiger partial charge in [0, 0.05) is 17.5 Å². The third-order valence-corrected chi connectivity index (χ3v) is 6.61. The summed E-state index contributed by atoms with van der Waals surface area (Å²) in [4.78, 5) is 17.9. The van der Waals surface area contributed by atoms with Crippen molar-refractivity contribution in [2.45, 2.75) is 6.42 Å². The maximum absolute atomic E-state index is 15.0. The van der Waals surface area contributed by atoms with E-state index in [0.29, 0.717) is 21.5 Å². The molecule has 176 valence electrons. The highest BCUT2D eigenvalue weighted by Gasteiger charge is 2.32. The molecule has 9 heteroatoms. The fraction of sp³-hybridized carbons (Fsp3) is 0.0769. The summed E-state index contributed by atoms with van der Waals surface area (Å²) in [6.07, 6.45) is -0.173. The van der Waals surface area contributed by atoms with Crippen molar-refractivity contribution in [3.63, 3.8) is 0 Å². The molecule has 0 aliphatic rings. The Kier molecular flexibility index (Phi) is 5.70. The highest BCUT2D eigenvalue weighted by atomic mass is 32.1. The summed E-state index contributed by atoms with van der Waals surface area (Å²) < 4.78 is 35.6. The number of nitrogens with zero attached hydrogens (tertiary/aromatic N) is 2. The largest absolute Gasteiger partial charge is 0.503 e. The average molecular weight is 493 g/mol. The van der Waals surface area contributed by atoms with E-state index in [1.165, 1.54) is 43.5 Å². The van der Waals surface area contributed by atoms with Crippen LogP contribution in [0.3, 0.4) is 0 Å². The van der Waals surface area contributed by atoms with Crippen molar-refractivity contribution in [1.29, 1.82) is 0 Å². The predicted octanol–water partition coefficient (Wildman–Crippen LogP) is 5.88. The van der Waals surface area contributed by atoms with Gasteiger partial charge in [0.15, 0.2) is 16.7 Å². The Bertz CT molecular complexity index is 1590. The Morgan fingerprint density at radius 1 is 1.06 bits per heavy atom. The minimum atomic E-state index is -0.700. The van der Waals surface area contributed by atoms with Crippen LogP contribution < -0.4 is 4.74 Å². The summed E-state index contributed by atoms with van der Waals surface area (Å²) in [7, 11) is 1.48. The molecule has 5 rings (SSSR count). The van der Waals surface area contributed by atoms with Crippen molar-refractivity contribution in [1.82, 2.24) is 9.55 Å². The first-order chi connectivity index (χ1) is 16.9. The van der Waals surface area contributed by atoms with Crippen molar-refractivity contribution in [3.05, 3.63) is 89.5 Å². The molecule has 0 aliphatic heterocycles. The first-order valence-corrected chi connectivity index (χ1v) is 11.3.